The molecule has 63 heavy (non-hydrogen) atoms. The molecular weight excluding hydrogens is 779 g/mol. The van der Waals surface area contributed by atoms with Gasteiger partial charge in [-0.2, -0.15) is 0 Å². The maximum Gasteiger partial charge on any atom is 0.0714 e. The van der Waals surface area contributed by atoms with E-state index >= 15 is 0 Å². The SMILES string of the molecule is C(=C\c1ccc2c(c1)sc1cc(N(c3ccc4ccccc4c3)c3ccc4ccccc4c3)ccc12)/c1cc2c3c(ccc4cccc(c43)C2(c2ccccc2)c2ccccc2)c1. The number of thiophene rings is 1. The van der Waals surface area contributed by atoms with Crippen LogP contribution in [0.4, 0.5) is 17.1 Å². The molecule has 0 fully saturated rings. The van der Waals surface area contributed by atoms with Gasteiger partial charge in [0.2, 0.25) is 0 Å². The topological polar surface area (TPSA) is 3.24 Å². The van der Waals surface area contributed by atoms with Crippen molar-refractivity contribution >= 4 is 104 Å². The number of anilines is 3. The molecule has 1 heterocycles. The highest BCUT2D eigenvalue weighted by Crippen LogP contribution is 2.56. The van der Waals surface area contributed by atoms with Crippen LogP contribution < -0.4 is 4.90 Å². The number of rotatable bonds is 7. The third-order valence-corrected chi connectivity index (χ3v) is 14.5. The van der Waals surface area contributed by atoms with E-state index in [4.69, 9.17) is 0 Å². The first kappa shape index (κ1) is 35.9. The van der Waals surface area contributed by atoms with Crippen LogP contribution in [0.5, 0.6) is 0 Å². The van der Waals surface area contributed by atoms with Gasteiger partial charge in [0.25, 0.3) is 0 Å². The third-order valence-electron chi connectivity index (χ3n) is 13.4. The molecular formula is C61H39NS. The van der Waals surface area contributed by atoms with Crippen molar-refractivity contribution in [1.82, 2.24) is 0 Å². The lowest BCUT2D eigenvalue weighted by Gasteiger charge is -2.34. The van der Waals surface area contributed by atoms with Gasteiger partial charge < -0.3 is 4.90 Å². The van der Waals surface area contributed by atoms with Gasteiger partial charge in [0.15, 0.2) is 0 Å². The van der Waals surface area contributed by atoms with Gasteiger partial charge in [0, 0.05) is 37.2 Å². The first-order valence-corrected chi connectivity index (χ1v) is 22.5. The number of benzene rings is 11. The Hall–Kier alpha value is -7.78. The van der Waals surface area contributed by atoms with Crippen LogP contribution in [-0.4, -0.2) is 0 Å². The molecule has 0 radical (unpaired) electrons. The van der Waals surface area contributed by atoms with Crippen LogP contribution in [0.2, 0.25) is 0 Å². The minimum Gasteiger partial charge on any atom is -0.310 e. The summed E-state index contributed by atoms with van der Waals surface area (Å²) in [6.45, 7) is 0. The zero-order chi connectivity index (χ0) is 41.5. The number of hydrogen-bond donors (Lipinski definition) is 0. The Labute approximate surface area is 370 Å². The Morgan fingerprint density at radius 2 is 0.841 bits per heavy atom. The van der Waals surface area contributed by atoms with E-state index in [1.165, 1.54) is 96.6 Å². The van der Waals surface area contributed by atoms with Crippen molar-refractivity contribution in [1.29, 1.82) is 0 Å². The molecule has 0 spiro atoms. The molecule has 0 unspecified atom stereocenters. The summed E-state index contributed by atoms with van der Waals surface area (Å²) in [7, 11) is 0. The van der Waals surface area contributed by atoms with Crippen LogP contribution in [0.25, 0.3) is 75.4 Å². The summed E-state index contributed by atoms with van der Waals surface area (Å²) in [5, 5.41) is 12.8. The summed E-state index contributed by atoms with van der Waals surface area (Å²) in [5.74, 6) is 0. The van der Waals surface area contributed by atoms with E-state index in [-0.39, 0.29) is 0 Å². The summed E-state index contributed by atoms with van der Waals surface area (Å²) in [6.07, 6.45) is 4.60. The molecule has 0 bridgehead atoms. The molecule has 11 aromatic carbocycles. The van der Waals surface area contributed by atoms with Crippen molar-refractivity contribution in [3.63, 3.8) is 0 Å². The molecule has 0 saturated carbocycles. The van der Waals surface area contributed by atoms with Crippen LogP contribution in [0.1, 0.15) is 33.4 Å². The predicted molar refractivity (Wildman–Crippen MR) is 271 cm³/mol. The first-order valence-electron chi connectivity index (χ1n) is 21.7. The normalized spacial score (nSPS) is 13.1. The maximum absolute atomic E-state index is 2.45. The zero-order valence-corrected chi connectivity index (χ0v) is 35.2. The molecule has 2 heteroatoms. The van der Waals surface area contributed by atoms with Crippen LogP contribution in [0, 0.1) is 0 Å². The second kappa shape index (κ2) is 14.1. The number of nitrogens with zero attached hydrogens (tertiary/aromatic N) is 1. The lowest BCUT2D eigenvalue weighted by Crippen LogP contribution is -2.28. The van der Waals surface area contributed by atoms with E-state index in [1.54, 1.807) is 0 Å². The van der Waals surface area contributed by atoms with Gasteiger partial charge in [0.05, 0.1) is 5.41 Å². The second-order valence-electron chi connectivity index (χ2n) is 16.9. The van der Waals surface area contributed by atoms with Crippen LogP contribution in [0.15, 0.2) is 224 Å². The van der Waals surface area contributed by atoms with Crippen molar-refractivity contribution in [2.45, 2.75) is 5.41 Å². The predicted octanol–water partition coefficient (Wildman–Crippen LogP) is 17.0. The molecule has 13 rings (SSSR count). The fraction of sp³-hybridized carbons (Fsp3) is 0.0164. The summed E-state index contributed by atoms with van der Waals surface area (Å²) in [4.78, 5) is 2.40. The van der Waals surface area contributed by atoms with Crippen LogP contribution in [-0.2, 0) is 5.41 Å². The lowest BCUT2D eigenvalue weighted by atomic mass is 9.67. The Kier molecular flexibility index (Phi) is 8.06. The molecule has 0 saturated heterocycles. The average Bonchev–Trinajstić information content (AvgIpc) is 3.86. The fourth-order valence-electron chi connectivity index (χ4n) is 10.6. The van der Waals surface area contributed by atoms with Crippen molar-refractivity contribution in [2.24, 2.45) is 0 Å². The number of hydrogen-bond acceptors (Lipinski definition) is 2. The van der Waals surface area contributed by atoms with E-state index in [2.05, 4.69) is 242 Å². The van der Waals surface area contributed by atoms with Gasteiger partial charge in [0.1, 0.15) is 0 Å². The lowest BCUT2D eigenvalue weighted by molar-refractivity contribution is 0.771. The average molecular weight is 818 g/mol. The summed E-state index contributed by atoms with van der Waals surface area (Å²) >= 11 is 1.87. The number of fused-ring (bicyclic) bond motifs is 5. The van der Waals surface area contributed by atoms with E-state index in [9.17, 15) is 0 Å². The molecule has 0 amide bonds. The van der Waals surface area contributed by atoms with Gasteiger partial charge in [-0.3, -0.25) is 0 Å². The highest BCUT2D eigenvalue weighted by Gasteiger charge is 2.45. The van der Waals surface area contributed by atoms with Crippen LogP contribution >= 0.6 is 11.3 Å². The van der Waals surface area contributed by atoms with E-state index in [0.29, 0.717) is 0 Å². The highest BCUT2D eigenvalue weighted by molar-refractivity contribution is 7.25. The molecule has 1 aliphatic rings. The Morgan fingerprint density at radius 3 is 1.52 bits per heavy atom. The molecule has 1 nitrogen and oxygen atoms in total. The molecule has 0 atom stereocenters. The molecule has 1 aromatic heterocycles. The first-order chi connectivity index (χ1) is 31.2. The second-order valence-corrected chi connectivity index (χ2v) is 18.0. The van der Waals surface area contributed by atoms with Gasteiger partial charge >= 0.3 is 0 Å². The zero-order valence-electron chi connectivity index (χ0n) is 34.4. The van der Waals surface area contributed by atoms with E-state index in [0.717, 1.165) is 17.1 Å². The summed E-state index contributed by atoms with van der Waals surface area (Å²) < 4.78 is 2.56. The van der Waals surface area contributed by atoms with Gasteiger partial charge in [-0.05, 0) is 131 Å². The highest BCUT2D eigenvalue weighted by atomic mass is 32.1. The van der Waals surface area contributed by atoms with Crippen molar-refractivity contribution in [3.05, 3.63) is 258 Å². The Balaban J connectivity index is 0.909. The van der Waals surface area contributed by atoms with E-state index < -0.39 is 5.41 Å². The summed E-state index contributed by atoms with van der Waals surface area (Å²) in [5.41, 5.74) is 10.7. The largest absolute Gasteiger partial charge is 0.310 e. The van der Waals surface area contributed by atoms with Gasteiger partial charge in [-0.15, -0.1) is 11.3 Å². The minimum absolute atomic E-state index is 0.430. The molecule has 1 aliphatic carbocycles. The standard InChI is InChI=1S/C61H39NS/c1-3-17-48(18-4-1)61(49-19-5-2-6-20-49)55-21-11-16-44-25-26-47-34-41(35-56(61)60(47)59(44)55)23-22-40-24-32-53-54-33-31-52(39-58(54)63-57(53)36-40)62(50-29-27-42-12-7-9-14-45(42)37-50)51-30-28-43-13-8-10-15-46(43)38-51/h1-39H/b23-22+. The van der Waals surface area contributed by atoms with Gasteiger partial charge in [-0.1, -0.05) is 182 Å². The quantitative estimate of drug-likeness (QED) is 0.114. The Bertz CT molecular complexity index is 3680. The van der Waals surface area contributed by atoms with Crippen molar-refractivity contribution in [3.8, 4) is 0 Å². The third kappa shape index (κ3) is 5.62. The van der Waals surface area contributed by atoms with Crippen molar-refractivity contribution < 1.29 is 0 Å². The Morgan fingerprint density at radius 1 is 0.333 bits per heavy atom. The van der Waals surface area contributed by atoms with Gasteiger partial charge in [-0.25, -0.2) is 0 Å². The molecule has 12 aromatic rings. The monoisotopic (exact) mass is 817 g/mol. The maximum atomic E-state index is 2.45. The fourth-order valence-corrected chi connectivity index (χ4v) is 11.8. The van der Waals surface area contributed by atoms with Crippen LogP contribution in [0.3, 0.4) is 0 Å². The minimum atomic E-state index is -0.430. The molecule has 0 aliphatic heterocycles. The molecule has 0 N–H and O–H groups in total. The summed E-state index contributed by atoms with van der Waals surface area (Å²) in [6, 6.07) is 83.2. The molecule has 294 valence electrons. The van der Waals surface area contributed by atoms with E-state index in [1.807, 2.05) is 11.3 Å². The van der Waals surface area contributed by atoms with Crippen molar-refractivity contribution in [2.75, 3.05) is 4.90 Å². The smallest absolute Gasteiger partial charge is 0.0714 e.